The number of phosphoric acid groups is 2. The van der Waals surface area contributed by atoms with E-state index in [-0.39, 0.29) is 54.6 Å². The lowest BCUT2D eigenvalue weighted by Crippen LogP contribution is -2.42. The second-order valence-corrected chi connectivity index (χ2v) is 23.1. The number of aliphatic hydroxyl groups is 1. The van der Waals surface area contributed by atoms with Crippen molar-refractivity contribution in [1.82, 2.24) is 30.2 Å². The fraction of sp³-hybridized carbons (Fsp3) is 0.447. The molecule has 6 atom stereocenters. The summed E-state index contributed by atoms with van der Waals surface area (Å²) in [6, 6.07) is 10.8. The van der Waals surface area contributed by atoms with Crippen LogP contribution in [0, 0.1) is 0 Å². The molecule has 33 heteroatoms. The predicted octanol–water partition coefficient (Wildman–Crippen LogP) is 1.76. The molecule has 1 fully saturated rings. The van der Waals surface area contributed by atoms with Gasteiger partial charge in [0.1, 0.15) is 36.2 Å². The number of alkyl carbamates (subject to hydrolysis) is 1. The van der Waals surface area contributed by atoms with Gasteiger partial charge >= 0.3 is 34.1 Å². The van der Waals surface area contributed by atoms with Crippen LogP contribution in [0.3, 0.4) is 0 Å². The zero-order valence-electron chi connectivity index (χ0n) is 37.5. The second kappa shape index (κ2) is 23.8. The Kier molecular flexibility index (Phi) is 18.6. The van der Waals surface area contributed by atoms with Crippen LogP contribution >= 0.6 is 22.4 Å². The van der Waals surface area contributed by atoms with Gasteiger partial charge in [-0.25, -0.2) is 42.5 Å². The van der Waals surface area contributed by atoms with Gasteiger partial charge in [0.2, 0.25) is 5.91 Å². The Balaban J connectivity index is 0.943. The second-order valence-electron chi connectivity index (χ2n) is 15.7. The molecule has 5 heterocycles. The Hall–Kier alpha value is -4.87. The first-order valence-corrected chi connectivity index (χ1v) is 28.7. The molecule has 71 heavy (non-hydrogen) atoms. The molecule has 388 valence electrons. The number of fused-ring (bicyclic) bond motifs is 2. The highest BCUT2D eigenvalue weighted by atomic mass is 32.5. The van der Waals surface area contributed by atoms with Crippen molar-refractivity contribution in [1.29, 1.82) is 0 Å². The van der Waals surface area contributed by atoms with Crippen molar-refractivity contribution < 1.29 is 88.0 Å². The van der Waals surface area contributed by atoms with Crippen LogP contribution in [0.25, 0.3) is 33.3 Å². The number of hydrogen-bond acceptors (Lipinski definition) is 20. The molecule has 2 unspecified atom stereocenters. The van der Waals surface area contributed by atoms with Crippen LogP contribution in [0.4, 0.5) is 16.3 Å². The molecule has 0 bridgehead atoms. The van der Waals surface area contributed by atoms with E-state index in [0.29, 0.717) is 54.6 Å². The number of ether oxygens (including phenoxy) is 2. The summed E-state index contributed by atoms with van der Waals surface area (Å²) >= 11 is 4.08. The Labute approximate surface area is 408 Å². The third-order valence-electron chi connectivity index (χ3n) is 10.6. The molecule has 1 aromatic carbocycles. The minimum absolute atomic E-state index is 0.0162. The number of benzene rings is 1. The van der Waals surface area contributed by atoms with Crippen LogP contribution in [-0.2, 0) is 65.0 Å². The summed E-state index contributed by atoms with van der Waals surface area (Å²) in [6.07, 6.45) is 0.577. The van der Waals surface area contributed by atoms with Gasteiger partial charge in [-0.05, 0) is 49.8 Å². The molecule has 1 saturated heterocycles. The highest BCUT2D eigenvalue weighted by molar-refractivity contribution is 8.08. The van der Waals surface area contributed by atoms with Crippen molar-refractivity contribution in [2.45, 2.75) is 70.1 Å². The molecule has 5 aromatic rings. The molecule has 0 aliphatic carbocycles. The number of carbonyl (C=O) groups excluding carboxylic acids is 2. The van der Waals surface area contributed by atoms with E-state index in [1.54, 1.807) is 41.2 Å². The lowest BCUT2D eigenvalue weighted by Gasteiger charge is -2.23. The van der Waals surface area contributed by atoms with E-state index < -0.39 is 75.3 Å². The molecule has 1 aliphatic rings. The molecule has 0 spiro atoms. The third-order valence-corrected chi connectivity index (χ3v) is 15.8. The number of unbranched alkanes of at least 4 members (excludes halogenated alkanes) is 2. The zero-order valence-corrected chi connectivity index (χ0v) is 41.8. The number of nitrogen functional groups attached to an aromatic ring is 1. The molecule has 10 N–H and O–H groups in total. The molecule has 28 nitrogen and oxygen atoms in total. The Bertz CT molecular complexity index is 3020. The van der Waals surface area contributed by atoms with Crippen molar-refractivity contribution in [3.05, 3.63) is 71.9 Å². The number of hydrogen-bond donors (Lipinski definition) is 9. The summed E-state index contributed by atoms with van der Waals surface area (Å²) in [4.78, 5) is 90.7. The van der Waals surface area contributed by atoms with Crippen LogP contribution in [-0.4, -0.2) is 126 Å². The number of nitrogens with one attached hydrogen (secondary N) is 2. The van der Waals surface area contributed by atoms with Gasteiger partial charge in [0, 0.05) is 73.9 Å². The maximum atomic E-state index is 13.0. The number of nitrogens with two attached hydrogens (primary N) is 1. The number of aliphatic hydroxyl groups excluding tert-OH is 1. The number of phosphoric ester groups is 1. The highest BCUT2D eigenvalue weighted by Crippen LogP contribution is 2.66. The normalized spacial score (nSPS) is 19.0. The standard InChI is InChI=1S/C38H50N9O19P3S2/c1-2-46(26-9-8-25-19-27(37(50)63-28(25)20-26)24-10-16-45(17-11-24)14-6-18-71(58,59)60)15-5-3-4-7-30(48)40-12-13-41-38(51)64-33-29(21-61-67(52,53)65-68(54,55)66-69(56,57)70)62-36(32(33)49)47-23-44-31-34(39)42-22-43-35(31)47/h8-11,16-17,19-20,22-23,29,32-33,36,49H,2-7,12-15,18,21H2,1H3,(H8-,39,40,41,42,43,48,51,52,53,54,55,56,57,58,59,60,70)/p+1/t29-,32-,33-,36-/m1/s1. The van der Waals surface area contributed by atoms with Crippen molar-refractivity contribution in [2.24, 2.45) is 0 Å². The van der Waals surface area contributed by atoms with E-state index in [9.17, 15) is 46.8 Å². The van der Waals surface area contributed by atoms with Gasteiger partial charge in [-0.2, -0.15) is 12.7 Å². The number of aromatic nitrogens is 5. The van der Waals surface area contributed by atoms with Gasteiger partial charge in [-0.15, -0.1) is 0 Å². The topological polar surface area (TPSA) is 401 Å². The van der Waals surface area contributed by atoms with E-state index in [1.165, 1.54) is 10.9 Å². The quantitative estimate of drug-likeness (QED) is 0.0132. The van der Waals surface area contributed by atoms with E-state index in [2.05, 4.69) is 50.9 Å². The number of nitrogens with zero attached hydrogens (tertiary/aromatic N) is 6. The third kappa shape index (κ3) is 16.1. The number of imidazole rings is 1. The van der Waals surface area contributed by atoms with Crippen LogP contribution in [0.5, 0.6) is 0 Å². The number of pyridine rings is 1. The zero-order chi connectivity index (χ0) is 51.7. The number of aryl methyl sites for hydroxylation is 1. The van der Waals surface area contributed by atoms with Gasteiger partial charge in [-0.1, -0.05) is 6.42 Å². The highest BCUT2D eigenvalue weighted by Gasteiger charge is 2.49. The summed E-state index contributed by atoms with van der Waals surface area (Å²) < 4.78 is 88.0. The maximum Gasteiger partial charge on any atom is 0.488 e. The van der Waals surface area contributed by atoms with Crippen molar-refractivity contribution in [3.63, 3.8) is 0 Å². The SMILES string of the molecule is CCN(CCCCCC(=O)NCCNC(=O)O[C@H]1[C@@H](O)[C@H](n2cnc3c(N)ncnc32)O[C@@H]1COP(=O)(O)OP(=O)(O)OP(O)(O)=S)c1ccc2cc(-c3cc[n+](CCCS(=O)(=O)O)cc3)c(=O)oc2c1. The summed E-state index contributed by atoms with van der Waals surface area (Å²) in [5, 5.41) is 17.1. The average molecular weight is 1090 g/mol. The average Bonchev–Trinajstić information content (AvgIpc) is 3.84. The molecular formula is C38H51N9O19P3S2+. The molecular weight excluding hydrogens is 1040 g/mol. The number of anilines is 2. The van der Waals surface area contributed by atoms with Crippen molar-refractivity contribution in [2.75, 3.05) is 49.2 Å². The molecule has 0 radical (unpaired) electrons. The number of amides is 2. The van der Waals surface area contributed by atoms with E-state index in [1.807, 2.05) is 19.1 Å². The fourth-order valence-corrected chi connectivity index (χ4v) is 11.6. The Morgan fingerprint density at radius 1 is 0.986 bits per heavy atom. The van der Waals surface area contributed by atoms with Crippen LogP contribution in [0.15, 0.2) is 70.7 Å². The smallest absolute Gasteiger partial charge is 0.440 e. The first-order chi connectivity index (χ1) is 33.4. The predicted molar refractivity (Wildman–Crippen MR) is 253 cm³/mol. The molecule has 6 rings (SSSR count). The Morgan fingerprint density at radius 3 is 2.42 bits per heavy atom. The van der Waals surface area contributed by atoms with Crippen molar-refractivity contribution in [3.8, 4) is 11.1 Å². The van der Waals surface area contributed by atoms with Gasteiger partial charge in [0.15, 0.2) is 36.2 Å². The monoisotopic (exact) mass is 1090 g/mol. The fourth-order valence-electron chi connectivity index (χ4n) is 7.32. The van der Waals surface area contributed by atoms with Crippen LogP contribution in [0.2, 0.25) is 0 Å². The minimum atomic E-state index is -5.67. The first kappa shape index (κ1) is 55.4. The number of carbonyl (C=O) groups is 2. The van der Waals surface area contributed by atoms with E-state index in [0.717, 1.165) is 18.4 Å². The van der Waals surface area contributed by atoms with Gasteiger partial charge in [0.05, 0.1) is 24.3 Å². The van der Waals surface area contributed by atoms with Crippen LogP contribution in [0.1, 0.15) is 45.3 Å². The summed E-state index contributed by atoms with van der Waals surface area (Å²) in [6.45, 7) is -2.38. The minimum Gasteiger partial charge on any atom is -0.440 e. The first-order valence-electron chi connectivity index (χ1n) is 21.4. The van der Waals surface area contributed by atoms with E-state index in [4.69, 9.17) is 38.5 Å². The lowest BCUT2D eigenvalue weighted by molar-refractivity contribution is -0.696. The maximum absolute atomic E-state index is 13.0. The van der Waals surface area contributed by atoms with Gasteiger partial charge < -0.3 is 59.8 Å². The summed E-state index contributed by atoms with van der Waals surface area (Å²) in [5.74, 6) is -0.662. The largest absolute Gasteiger partial charge is 0.488 e. The van der Waals surface area contributed by atoms with Crippen LogP contribution < -0.4 is 31.5 Å². The molecule has 1 aliphatic heterocycles. The lowest BCUT2D eigenvalue weighted by atomic mass is 10.1. The Morgan fingerprint density at radius 2 is 1.72 bits per heavy atom. The van der Waals surface area contributed by atoms with Gasteiger partial charge in [-0.3, -0.25) is 18.4 Å². The summed E-state index contributed by atoms with van der Waals surface area (Å²) in [5.41, 5.74) is 7.77. The van der Waals surface area contributed by atoms with Gasteiger partial charge in [0.25, 0.3) is 10.1 Å². The molecule has 0 saturated carbocycles. The summed E-state index contributed by atoms with van der Waals surface area (Å²) in [7, 11) is -15.3. The van der Waals surface area contributed by atoms with E-state index >= 15 is 0 Å². The molecule has 2 amide bonds. The number of rotatable bonds is 25. The van der Waals surface area contributed by atoms with Crippen molar-refractivity contribution >= 4 is 89.9 Å². The molecule has 4 aromatic heterocycles.